The van der Waals surface area contributed by atoms with Gasteiger partial charge in [-0.2, -0.15) is 5.10 Å². The summed E-state index contributed by atoms with van der Waals surface area (Å²) in [5.41, 5.74) is 15.2. The molecule has 2 N–H and O–H groups in total. The summed E-state index contributed by atoms with van der Waals surface area (Å²) in [4.78, 5) is 8.62. The number of aromatic nitrogens is 2. The highest BCUT2D eigenvalue weighted by atomic mass is 15.3. The highest BCUT2D eigenvalue weighted by Crippen LogP contribution is 2.33. The van der Waals surface area contributed by atoms with Gasteiger partial charge >= 0.3 is 0 Å². The van der Waals surface area contributed by atoms with E-state index in [1.165, 1.54) is 16.3 Å². The van der Waals surface area contributed by atoms with Crippen molar-refractivity contribution in [1.82, 2.24) is 9.97 Å². The van der Waals surface area contributed by atoms with Gasteiger partial charge in [0.2, 0.25) is 0 Å². The number of pyridine rings is 2. The average molecular weight is 630 g/mol. The molecule has 7 aromatic rings. The van der Waals surface area contributed by atoms with Gasteiger partial charge in [-0.15, -0.1) is 0 Å². The van der Waals surface area contributed by atoms with Gasteiger partial charge in [0.1, 0.15) is 5.71 Å². The number of hydrogen-bond acceptors (Lipinski definition) is 5. The molecule has 49 heavy (non-hydrogen) atoms. The summed E-state index contributed by atoms with van der Waals surface area (Å²) in [7, 11) is 0. The predicted octanol–water partition coefficient (Wildman–Crippen LogP) is 10.6. The first kappa shape index (κ1) is 29.7. The molecule has 0 spiro atoms. The smallest absolute Gasteiger partial charge is 0.109 e. The van der Waals surface area contributed by atoms with Gasteiger partial charge in [-0.3, -0.25) is 20.8 Å². The van der Waals surface area contributed by atoms with Crippen LogP contribution in [0.25, 0.3) is 55.3 Å². The predicted molar refractivity (Wildman–Crippen MR) is 203 cm³/mol. The molecule has 5 aromatic carbocycles. The second kappa shape index (κ2) is 13.2. The molecule has 0 fully saturated rings. The Kier molecular flexibility index (Phi) is 7.98. The fourth-order valence-electron chi connectivity index (χ4n) is 6.25. The molecule has 2 aromatic heterocycles. The molecular formula is C44H31N5. The lowest BCUT2D eigenvalue weighted by Gasteiger charge is -2.19. The van der Waals surface area contributed by atoms with Crippen LogP contribution in [0.4, 0.5) is 5.69 Å². The SMILES string of the molecule is N=C1C(c2cccc(-c3cccnc3)c2)=CC(c2cccc(-c3cccnc3)c2)=C/C1=N/Nc1ccc(-c2cccc3ccccc23)cc1. The molecule has 0 saturated carbocycles. The molecule has 0 amide bonds. The van der Waals surface area contributed by atoms with Gasteiger partial charge in [-0.05, 0) is 98.3 Å². The van der Waals surface area contributed by atoms with Gasteiger partial charge in [0, 0.05) is 41.5 Å². The molecule has 0 radical (unpaired) electrons. The first-order chi connectivity index (χ1) is 24.2. The van der Waals surface area contributed by atoms with Gasteiger partial charge in [0.05, 0.1) is 11.4 Å². The summed E-state index contributed by atoms with van der Waals surface area (Å²) in [6.07, 6.45) is 11.4. The van der Waals surface area contributed by atoms with E-state index in [0.717, 1.165) is 55.8 Å². The molecule has 1 aliphatic rings. The molecule has 0 aliphatic heterocycles. The fraction of sp³-hybridized carbons (Fsp3) is 0. The van der Waals surface area contributed by atoms with Crippen LogP contribution >= 0.6 is 0 Å². The lowest BCUT2D eigenvalue weighted by molar-refractivity contribution is 1.33. The zero-order valence-electron chi connectivity index (χ0n) is 26.6. The van der Waals surface area contributed by atoms with Crippen LogP contribution in [0.1, 0.15) is 11.1 Å². The molecule has 1 aliphatic carbocycles. The molecular weight excluding hydrogens is 599 g/mol. The Morgan fingerprint density at radius 1 is 0.510 bits per heavy atom. The molecule has 2 heterocycles. The van der Waals surface area contributed by atoms with Crippen molar-refractivity contribution in [3.05, 3.63) is 188 Å². The van der Waals surface area contributed by atoms with Crippen LogP contribution in [-0.2, 0) is 0 Å². The van der Waals surface area contributed by atoms with Crippen LogP contribution in [-0.4, -0.2) is 21.4 Å². The molecule has 0 unspecified atom stereocenters. The molecule has 0 saturated heterocycles. The molecule has 232 valence electrons. The molecule has 0 bridgehead atoms. The third kappa shape index (κ3) is 6.21. The minimum absolute atomic E-state index is 0.343. The van der Waals surface area contributed by atoms with Crippen LogP contribution < -0.4 is 5.43 Å². The van der Waals surface area contributed by atoms with Crippen molar-refractivity contribution in [2.75, 3.05) is 5.43 Å². The second-order valence-electron chi connectivity index (χ2n) is 11.9. The quantitative estimate of drug-likeness (QED) is 0.136. The summed E-state index contributed by atoms with van der Waals surface area (Å²) < 4.78 is 0. The van der Waals surface area contributed by atoms with Crippen LogP contribution in [0.5, 0.6) is 0 Å². The van der Waals surface area contributed by atoms with E-state index < -0.39 is 0 Å². The number of allylic oxidation sites excluding steroid dienone is 4. The molecule has 8 rings (SSSR count). The zero-order valence-corrected chi connectivity index (χ0v) is 26.6. The van der Waals surface area contributed by atoms with Crippen LogP contribution in [0.3, 0.4) is 0 Å². The van der Waals surface area contributed by atoms with E-state index in [1.807, 2.05) is 60.9 Å². The zero-order chi connectivity index (χ0) is 33.0. The van der Waals surface area contributed by atoms with E-state index in [9.17, 15) is 5.41 Å². The molecule has 5 heteroatoms. The third-order valence-electron chi connectivity index (χ3n) is 8.77. The molecule has 5 nitrogen and oxygen atoms in total. The second-order valence-corrected chi connectivity index (χ2v) is 11.9. The Labute approximate surface area is 285 Å². The number of rotatable bonds is 7. The van der Waals surface area contributed by atoms with Crippen molar-refractivity contribution >= 4 is 39.0 Å². The molecule has 0 atom stereocenters. The van der Waals surface area contributed by atoms with Gasteiger partial charge < -0.3 is 0 Å². The van der Waals surface area contributed by atoms with E-state index in [-0.39, 0.29) is 0 Å². The Bertz CT molecular complexity index is 2400. The highest BCUT2D eigenvalue weighted by Gasteiger charge is 2.21. The van der Waals surface area contributed by atoms with E-state index in [1.54, 1.807) is 12.4 Å². The standard InChI is InChI=1S/C44H31N5/c45-44-42(35-13-4-11-33(25-35)37-15-7-23-47-29-37)26-38(34-12-3-10-32(24-34)36-14-6-22-46-28-36)27-43(44)49-48-39-20-18-31(19-21-39)41-17-5-9-30-8-1-2-16-40(30)41/h1-29,45,48H/b45-44?,49-43-. The Morgan fingerprint density at radius 3 is 1.84 bits per heavy atom. The van der Waals surface area contributed by atoms with Crippen molar-refractivity contribution in [2.45, 2.75) is 0 Å². The fourth-order valence-corrected chi connectivity index (χ4v) is 6.25. The topological polar surface area (TPSA) is 74.0 Å². The summed E-state index contributed by atoms with van der Waals surface area (Å²) in [5, 5.41) is 16.6. The Hall–Kier alpha value is -6.72. The number of hydrogen-bond donors (Lipinski definition) is 2. The van der Waals surface area contributed by atoms with Crippen molar-refractivity contribution in [2.24, 2.45) is 5.10 Å². The minimum atomic E-state index is 0.343. The van der Waals surface area contributed by atoms with Crippen LogP contribution in [0, 0.1) is 5.41 Å². The first-order valence-electron chi connectivity index (χ1n) is 16.2. The van der Waals surface area contributed by atoms with Gasteiger partial charge in [-0.25, -0.2) is 0 Å². The maximum Gasteiger partial charge on any atom is 0.109 e. The van der Waals surface area contributed by atoms with E-state index in [2.05, 4.69) is 119 Å². The van der Waals surface area contributed by atoms with Crippen LogP contribution in [0.15, 0.2) is 182 Å². The summed E-state index contributed by atoms with van der Waals surface area (Å²) in [5.74, 6) is 0. The third-order valence-corrected chi connectivity index (χ3v) is 8.77. The number of fused-ring (bicyclic) bond motifs is 1. The highest BCUT2D eigenvalue weighted by molar-refractivity contribution is 6.62. The minimum Gasteiger partial charge on any atom is -0.298 e. The Balaban J connectivity index is 1.15. The number of benzene rings is 5. The van der Waals surface area contributed by atoms with Gasteiger partial charge in [-0.1, -0.05) is 103 Å². The number of anilines is 1. The van der Waals surface area contributed by atoms with E-state index in [0.29, 0.717) is 11.4 Å². The maximum absolute atomic E-state index is 9.33. The maximum atomic E-state index is 9.33. The van der Waals surface area contributed by atoms with Crippen molar-refractivity contribution in [3.8, 4) is 33.4 Å². The van der Waals surface area contributed by atoms with Crippen molar-refractivity contribution < 1.29 is 0 Å². The Morgan fingerprint density at radius 2 is 1.12 bits per heavy atom. The van der Waals surface area contributed by atoms with E-state index in [4.69, 9.17) is 5.10 Å². The first-order valence-corrected chi connectivity index (χ1v) is 16.2. The van der Waals surface area contributed by atoms with Gasteiger partial charge in [0.15, 0.2) is 0 Å². The lowest BCUT2D eigenvalue weighted by Crippen LogP contribution is -2.18. The van der Waals surface area contributed by atoms with Crippen molar-refractivity contribution in [3.63, 3.8) is 0 Å². The largest absolute Gasteiger partial charge is 0.298 e. The lowest BCUT2D eigenvalue weighted by atomic mass is 9.86. The average Bonchev–Trinajstić information content (AvgIpc) is 3.18. The monoisotopic (exact) mass is 629 g/mol. The van der Waals surface area contributed by atoms with Gasteiger partial charge in [0.25, 0.3) is 0 Å². The van der Waals surface area contributed by atoms with Crippen LogP contribution in [0.2, 0.25) is 0 Å². The normalized spacial score (nSPS) is 13.6. The van der Waals surface area contributed by atoms with Crippen molar-refractivity contribution in [1.29, 1.82) is 5.41 Å². The summed E-state index contributed by atoms with van der Waals surface area (Å²) in [6.45, 7) is 0. The summed E-state index contributed by atoms with van der Waals surface area (Å²) in [6, 6.07) is 47.8. The summed E-state index contributed by atoms with van der Waals surface area (Å²) >= 11 is 0. The number of nitrogens with zero attached hydrogens (tertiary/aromatic N) is 3. The number of hydrazone groups is 1. The van der Waals surface area contributed by atoms with E-state index >= 15 is 0 Å². The number of nitrogens with one attached hydrogen (secondary N) is 2.